The van der Waals surface area contributed by atoms with Crippen LogP contribution in [-0.2, 0) is 0 Å². The van der Waals surface area contributed by atoms with E-state index in [9.17, 15) is 4.79 Å². The van der Waals surface area contributed by atoms with Gasteiger partial charge in [0.15, 0.2) is 0 Å². The zero-order valence-corrected chi connectivity index (χ0v) is 9.33. The van der Waals surface area contributed by atoms with E-state index in [1.54, 1.807) is 0 Å². The molecule has 4 nitrogen and oxygen atoms in total. The number of carbonyl (C=O) groups is 1. The number of furan rings is 1. The van der Waals surface area contributed by atoms with Crippen molar-refractivity contribution >= 4 is 16.9 Å². The Morgan fingerprint density at radius 3 is 2.62 bits per heavy atom. The fraction of sp³-hybridized carbons (Fsp3) is 0.250. The van der Waals surface area contributed by atoms with Gasteiger partial charge in [-0.1, -0.05) is 0 Å². The summed E-state index contributed by atoms with van der Waals surface area (Å²) < 4.78 is 10.7. The fourth-order valence-corrected chi connectivity index (χ4v) is 1.74. The molecule has 0 fully saturated rings. The van der Waals surface area contributed by atoms with Gasteiger partial charge < -0.3 is 14.3 Å². The SMILES string of the molecule is COc1cc(C(=O)O)cc2oc(C)c(C)c12. The van der Waals surface area contributed by atoms with Gasteiger partial charge in [-0.05, 0) is 26.0 Å². The van der Waals surface area contributed by atoms with Crippen LogP contribution in [0.3, 0.4) is 0 Å². The molecule has 1 aromatic carbocycles. The minimum Gasteiger partial charge on any atom is -0.496 e. The largest absolute Gasteiger partial charge is 0.496 e. The lowest BCUT2D eigenvalue weighted by molar-refractivity contribution is 0.0696. The normalized spacial score (nSPS) is 10.7. The first-order valence-corrected chi connectivity index (χ1v) is 4.85. The standard InChI is InChI=1S/C12H12O4/c1-6-7(2)16-10-5-8(12(13)14)4-9(15-3)11(6)10/h4-5H,1-3H3,(H,13,14). The maximum absolute atomic E-state index is 10.9. The molecule has 0 aliphatic rings. The van der Waals surface area contributed by atoms with Crippen molar-refractivity contribution in [2.24, 2.45) is 0 Å². The van der Waals surface area contributed by atoms with Crippen molar-refractivity contribution < 1.29 is 19.1 Å². The summed E-state index contributed by atoms with van der Waals surface area (Å²) in [7, 11) is 1.52. The van der Waals surface area contributed by atoms with E-state index in [0.29, 0.717) is 11.3 Å². The van der Waals surface area contributed by atoms with E-state index in [-0.39, 0.29) is 5.56 Å². The van der Waals surface area contributed by atoms with Crippen molar-refractivity contribution in [3.63, 3.8) is 0 Å². The molecule has 1 N–H and O–H groups in total. The van der Waals surface area contributed by atoms with Crippen LogP contribution < -0.4 is 4.74 Å². The number of fused-ring (bicyclic) bond motifs is 1. The third-order valence-corrected chi connectivity index (χ3v) is 2.70. The molecule has 2 aromatic rings. The molecule has 0 spiro atoms. The molecule has 0 radical (unpaired) electrons. The molecule has 0 aliphatic carbocycles. The summed E-state index contributed by atoms with van der Waals surface area (Å²) in [4.78, 5) is 10.9. The Balaban J connectivity index is 2.83. The number of ether oxygens (including phenoxy) is 1. The van der Waals surface area contributed by atoms with Gasteiger partial charge in [0.2, 0.25) is 0 Å². The number of rotatable bonds is 2. The Hall–Kier alpha value is -1.97. The van der Waals surface area contributed by atoms with Gasteiger partial charge >= 0.3 is 5.97 Å². The average Bonchev–Trinajstić information content (AvgIpc) is 2.53. The van der Waals surface area contributed by atoms with Crippen molar-refractivity contribution in [3.05, 3.63) is 29.0 Å². The van der Waals surface area contributed by atoms with Crippen LogP contribution in [0.4, 0.5) is 0 Å². The number of aryl methyl sites for hydroxylation is 2. The Morgan fingerprint density at radius 1 is 1.38 bits per heavy atom. The minimum atomic E-state index is -0.994. The molecule has 0 aliphatic heterocycles. The first-order valence-electron chi connectivity index (χ1n) is 4.85. The van der Waals surface area contributed by atoms with Crippen molar-refractivity contribution in [1.29, 1.82) is 0 Å². The third-order valence-electron chi connectivity index (χ3n) is 2.70. The maximum Gasteiger partial charge on any atom is 0.335 e. The van der Waals surface area contributed by atoms with E-state index in [1.807, 2.05) is 13.8 Å². The highest BCUT2D eigenvalue weighted by Gasteiger charge is 2.15. The summed E-state index contributed by atoms with van der Waals surface area (Å²) in [5.74, 6) is 0.312. The molecule has 16 heavy (non-hydrogen) atoms. The molecule has 84 valence electrons. The van der Waals surface area contributed by atoms with Gasteiger partial charge in [-0.3, -0.25) is 0 Å². The van der Waals surface area contributed by atoms with Gasteiger partial charge in [-0.2, -0.15) is 0 Å². The maximum atomic E-state index is 10.9. The van der Waals surface area contributed by atoms with Crippen molar-refractivity contribution in [3.8, 4) is 5.75 Å². The van der Waals surface area contributed by atoms with Crippen molar-refractivity contribution in [2.45, 2.75) is 13.8 Å². The first kappa shape index (κ1) is 10.5. The zero-order chi connectivity index (χ0) is 11.9. The number of hydrogen-bond acceptors (Lipinski definition) is 3. The van der Waals surface area contributed by atoms with Crippen LogP contribution in [0, 0.1) is 13.8 Å². The van der Waals surface area contributed by atoms with Gasteiger partial charge in [-0.15, -0.1) is 0 Å². The second-order valence-electron chi connectivity index (χ2n) is 3.64. The lowest BCUT2D eigenvalue weighted by Crippen LogP contribution is -1.97. The summed E-state index contributed by atoms with van der Waals surface area (Å²) in [6, 6.07) is 3.02. The molecule has 0 saturated carbocycles. The summed E-state index contributed by atoms with van der Waals surface area (Å²) in [6.45, 7) is 3.76. The molecule has 1 heterocycles. The van der Waals surface area contributed by atoms with Crippen molar-refractivity contribution in [1.82, 2.24) is 0 Å². The van der Waals surface area contributed by atoms with Gasteiger partial charge in [0.25, 0.3) is 0 Å². The smallest absolute Gasteiger partial charge is 0.335 e. The molecule has 4 heteroatoms. The Morgan fingerprint density at radius 2 is 2.06 bits per heavy atom. The van der Waals surface area contributed by atoms with Gasteiger partial charge in [0, 0.05) is 5.56 Å². The molecule has 0 unspecified atom stereocenters. The molecule has 0 amide bonds. The topological polar surface area (TPSA) is 59.7 Å². The Kier molecular flexibility index (Phi) is 2.34. The summed E-state index contributed by atoms with van der Waals surface area (Å²) in [5.41, 5.74) is 1.69. The third kappa shape index (κ3) is 1.43. The van der Waals surface area contributed by atoms with E-state index in [1.165, 1.54) is 19.2 Å². The van der Waals surface area contributed by atoms with Crippen LogP contribution in [0.1, 0.15) is 21.7 Å². The lowest BCUT2D eigenvalue weighted by Gasteiger charge is -2.03. The number of benzene rings is 1. The van der Waals surface area contributed by atoms with Gasteiger partial charge in [0.05, 0.1) is 18.1 Å². The number of aromatic carboxylic acids is 1. The van der Waals surface area contributed by atoms with Crippen molar-refractivity contribution in [2.75, 3.05) is 7.11 Å². The molecular formula is C12H12O4. The highest BCUT2D eigenvalue weighted by Crippen LogP contribution is 2.33. The molecule has 1 aromatic heterocycles. The molecule has 0 bridgehead atoms. The highest BCUT2D eigenvalue weighted by atomic mass is 16.5. The van der Waals surface area contributed by atoms with E-state index in [4.69, 9.17) is 14.3 Å². The van der Waals surface area contributed by atoms with E-state index < -0.39 is 5.97 Å². The number of methoxy groups -OCH3 is 1. The van der Waals surface area contributed by atoms with Crippen LogP contribution in [-0.4, -0.2) is 18.2 Å². The van der Waals surface area contributed by atoms with E-state index in [0.717, 1.165) is 16.7 Å². The van der Waals surface area contributed by atoms with Crippen LogP contribution in [0.5, 0.6) is 5.75 Å². The van der Waals surface area contributed by atoms with E-state index in [2.05, 4.69) is 0 Å². The number of carboxylic acids is 1. The minimum absolute atomic E-state index is 0.165. The number of carboxylic acid groups (broad SMARTS) is 1. The predicted octanol–water partition coefficient (Wildman–Crippen LogP) is 2.76. The zero-order valence-electron chi connectivity index (χ0n) is 9.33. The lowest BCUT2D eigenvalue weighted by atomic mass is 10.1. The average molecular weight is 220 g/mol. The fourth-order valence-electron chi connectivity index (χ4n) is 1.74. The van der Waals surface area contributed by atoms with Crippen LogP contribution >= 0.6 is 0 Å². The second kappa shape index (κ2) is 3.56. The van der Waals surface area contributed by atoms with E-state index >= 15 is 0 Å². The van der Waals surface area contributed by atoms with Crippen LogP contribution in [0.15, 0.2) is 16.5 Å². The van der Waals surface area contributed by atoms with Gasteiger partial charge in [0.1, 0.15) is 17.1 Å². The second-order valence-corrected chi connectivity index (χ2v) is 3.64. The van der Waals surface area contributed by atoms with Crippen LogP contribution in [0.25, 0.3) is 11.0 Å². The predicted molar refractivity (Wildman–Crippen MR) is 59.2 cm³/mol. The summed E-state index contributed by atoms with van der Waals surface area (Å²) >= 11 is 0. The Bertz CT molecular complexity index is 566. The first-order chi connectivity index (χ1) is 7.54. The molecule has 2 rings (SSSR count). The summed E-state index contributed by atoms with van der Waals surface area (Å²) in [5, 5.41) is 9.78. The number of hydrogen-bond donors (Lipinski definition) is 1. The highest BCUT2D eigenvalue weighted by molar-refractivity contribution is 5.97. The quantitative estimate of drug-likeness (QED) is 0.845. The molecule has 0 atom stereocenters. The molecule has 0 saturated heterocycles. The molecular weight excluding hydrogens is 208 g/mol. The summed E-state index contributed by atoms with van der Waals surface area (Å²) in [6.07, 6.45) is 0. The van der Waals surface area contributed by atoms with Crippen LogP contribution in [0.2, 0.25) is 0 Å². The monoisotopic (exact) mass is 220 g/mol. The Labute approximate surface area is 92.4 Å². The van der Waals surface area contributed by atoms with Gasteiger partial charge in [-0.25, -0.2) is 4.79 Å².